The summed E-state index contributed by atoms with van der Waals surface area (Å²) in [7, 11) is -1.55. The van der Waals surface area contributed by atoms with Crippen molar-refractivity contribution in [2.24, 2.45) is 5.92 Å². The van der Waals surface area contributed by atoms with E-state index >= 15 is 0 Å². The molecule has 1 heterocycles. The van der Waals surface area contributed by atoms with Crippen LogP contribution in [0.5, 0.6) is 5.75 Å². The summed E-state index contributed by atoms with van der Waals surface area (Å²) >= 11 is 0. The molecule has 2 rings (SSSR count). The second-order valence-electron chi connectivity index (χ2n) is 6.05. The molecule has 24 heavy (non-hydrogen) atoms. The fraction of sp³-hybridized carbons (Fsp3) is 0.588. The molecule has 1 amide bonds. The number of carbonyl (C=O) groups is 1. The number of ether oxygens (including phenoxy) is 1. The van der Waals surface area contributed by atoms with Crippen molar-refractivity contribution in [2.75, 3.05) is 26.0 Å². The lowest BCUT2D eigenvalue weighted by Gasteiger charge is -2.31. The Morgan fingerprint density at radius 2 is 1.96 bits per heavy atom. The molecule has 0 radical (unpaired) electrons. The molecule has 134 valence electrons. The highest BCUT2D eigenvalue weighted by molar-refractivity contribution is 7.89. The maximum atomic E-state index is 12.5. The molecule has 1 aliphatic heterocycles. The average molecular weight is 354 g/mol. The van der Waals surface area contributed by atoms with E-state index < -0.39 is 10.0 Å². The topological polar surface area (TPSA) is 75.7 Å². The van der Waals surface area contributed by atoms with E-state index in [0.29, 0.717) is 25.9 Å². The van der Waals surface area contributed by atoms with Gasteiger partial charge in [0.15, 0.2) is 0 Å². The summed E-state index contributed by atoms with van der Waals surface area (Å²) in [6, 6.07) is 7.44. The number of hydrogen-bond acceptors (Lipinski definition) is 4. The summed E-state index contributed by atoms with van der Waals surface area (Å²) in [4.78, 5) is 12.5. The van der Waals surface area contributed by atoms with Gasteiger partial charge in [0, 0.05) is 24.6 Å². The molecule has 1 aliphatic rings. The highest BCUT2D eigenvalue weighted by Gasteiger charge is 2.30. The quantitative estimate of drug-likeness (QED) is 0.847. The van der Waals surface area contributed by atoms with Crippen molar-refractivity contribution in [3.63, 3.8) is 0 Å². The van der Waals surface area contributed by atoms with Crippen molar-refractivity contribution in [1.29, 1.82) is 0 Å². The van der Waals surface area contributed by atoms with Gasteiger partial charge in [0.2, 0.25) is 15.9 Å². The summed E-state index contributed by atoms with van der Waals surface area (Å²) in [5.74, 6) is 0.677. The van der Waals surface area contributed by atoms with Crippen LogP contribution in [0.15, 0.2) is 24.3 Å². The molecular formula is C17H26N2O4S. The van der Waals surface area contributed by atoms with Gasteiger partial charge in [0.1, 0.15) is 5.75 Å². The van der Waals surface area contributed by atoms with E-state index in [1.54, 1.807) is 14.0 Å². The SMILES string of the molecule is CCS(=O)(=O)N1CCC(C(=O)N[C@H](C)c2ccccc2OC)CC1. The first kappa shape index (κ1) is 18.7. The monoisotopic (exact) mass is 354 g/mol. The Hall–Kier alpha value is -1.60. The molecule has 6 nitrogen and oxygen atoms in total. The van der Waals surface area contributed by atoms with Gasteiger partial charge < -0.3 is 10.1 Å². The van der Waals surface area contributed by atoms with Gasteiger partial charge in [0.05, 0.1) is 18.9 Å². The first-order chi connectivity index (χ1) is 11.4. The van der Waals surface area contributed by atoms with Gasteiger partial charge in [0.25, 0.3) is 0 Å². The van der Waals surface area contributed by atoms with Gasteiger partial charge in [-0.2, -0.15) is 0 Å². The maximum absolute atomic E-state index is 12.5. The second kappa shape index (κ2) is 7.98. The number of carbonyl (C=O) groups excluding carboxylic acids is 1. The van der Waals surface area contributed by atoms with Crippen LogP contribution >= 0.6 is 0 Å². The molecule has 0 spiro atoms. The van der Waals surface area contributed by atoms with Crippen LogP contribution in [0.2, 0.25) is 0 Å². The molecule has 1 aromatic carbocycles. The standard InChI is InChI=1S/C17H26N2O4S/c1-4-24(21,22)19-11-9-14(10-12-19)17(20)18-13(2)15-7-5-6-8-16(15)23-3/h5-8,13-14H,4,9-12H2,1-3H3,(H,18,20)/t13-/m1/s1. The fourth-order valence-corrected chi connectivity index (χ4v) is 4.14. The smallest absolute Gasteiger partial charge is 0.223 e. The van der Waals surface area contributed by atoms with Gasteiger partial charge in [-0.3, -0.25) is 4.79 Å². The average Bonchev–Trinajstić information content (AvgIpc) is 2.61. The molecule has 1 saturated heterocycles. The number of benzene rings is 1. The third-order valence-electron chi connectivity index (χ3n) is 4.55. The van der Waals surface area contributed by atoms with Gasteiger partial charge >= 0.3 is 0 Å². The van der Waals surface area contributed by atoms with Crippen molar-refractivity contribution in [3.8, 4) is 5.75 Å². The lowest BCUT2D eigenvalue weighted by atomic mass is 9.96. The molecule has 0 bridgehead atoms. The zero-order valence-electron chi connectivity index (χ0n) is 14.5. The Kier molecular flexibility index (Phi) is 6.23. The number of methoxy groups -OCH3 is 1. The minimum absolute atomic E-state index is 0.0260. The molecular weight excluding hydrogens is 328 g/mol. The number of nitrogens with one attached hydrogen (secondary N) is 1. The van der Waals surface area contributed by atoms with E-state index in [9.17, 15) is 13.2 Å². The summed E-state index contributed by atoms with van der Waals surface area (Å²) in [5.41, 5.74) is 0.930. The maximum Gasteiger partial charge on any atom is 0.223 e. The van der Waals surface area contributed by atoms with Crippen LogP contribution in [0, 0.1) is 5.92 Å². The molecule has 0 saturated carbocycles. The van der Waals surface area contributed by atoms with E-state index in [-0.39, 0.29) is 23.6 Å². The Bertz CT molecular complexity index is 667. The van der Waals surface area contributed by atoms with E-state index in [1.807, 2.05) is 31.2 Å². The number of para-hydroxylation sites is 1. The lowest BCUT2D eigenvalue weighted by Crippen LogP contribution is -2.43. The van der Waals surface area contributed by atoms with Crippen LogP contribution in [-0.2, 0) is 14.8 Å². The van der Waals surface area contributed by atoms with Gasteiger partial charge in [-0.15, -0.1) is 0 Å². The number of piperidine rings is 1. The number of sulfonamides is 1. The first-order valence-electron chi connectivity index (χ1n) is 8.30. The fourth-order valence-electron chi connectivity index (χ4n) is 3.01. The van der Waals surface area contributed by atoms with Crippen LogP contribution in [0.4, 0.5) is 0 Å². The van der Waals surface area contributed by atoms with Crippen LogP contribution in [0.25, 0.3) is 0 Å². The predicted molar refractivity (Wildman–Crippen MR) is 93.3 cm³/mol. The van der Waals surface area contributed by atoms with Crippen LogP contribution < -0.4 is 10.1 Å². The third kappa shape index (κ3) is 4.27. The number of hydrogen-bond donors (Lipinski definition) is 1. The largest absolute Gasteiger partial charge is 0.496 e. The summed E-state index contributed by atoms with van der Waals surface area (Å²) in [6.07, 6.45) is 1.12. The van der Waals surface area contributed by atoms with Gasteiger partial charge in [-0.05, 0) is 32.8 Å². The van der Waals surface area contributed by atoms with Crippen molar-refractivity contribution < 1.29 is 17.9 Å². The normalized spacial score (nSPS) is 18.1. The van der Waals surface area contributed by atoms with Gasteiger partial charge in [-0.1, -0.05) is 18.2 Å². The summed E-state index contributed by atoms with van der Waals surface area (Å²) < 4.78 is 30.6. The zero-order valence-corrected chi connectivity index (χ0v) is 15.3. The van der Waals surface area contributed by atoms with Gasteiger partial charge in [-0.25, -0.2) is 12.7 Å². The molecule has 1 aromatic rings. The second-order valence-corrected chi connectivity index (χ2v) is 8.30. The van der Waals surface area contributed by atoms with Crippen molar-refractivity contribution in [3.05, 3.63) is 29.8 Å². The molecule has 0 aromatic heterocycles. The molecule has 0 aliphatic carbocycles. The molecule has 1 N–H and O–H groups in total. The molecule has 1 atom stereocenters. The highest BCUT2D eigenvalue weighted by atomic mass is 32.2. The molecule has 0 unspecified atom stereocenters. The number of amides is 1. The Labute approximate surface area is 144 Å². The van der Waals surface area contributed by atoms with Crippen LogP contribution in [0.1, 0.15) is 38.3 Å². The van der Waals surface area contributed by atoms with Crippen molar-refractivity contribution in [1.82, 2.24) is 9.62 Å². The summed E-state index contributed by atoms with van der Waals surface area (Å²) in [5, 5.41) is 3.02. The van der Waals surface area contributed by atoms with E-state index in [4.69, 9.17) is 4.74 Å². The Balaban J connectivity index is 1.94. The number of rotatable bonds is 6. The van der Waals surface area contributed by atoms with Crippen molar-refractivity contribution in [2.45, 2.75) is 32.7 Å². The minimum Gasteiger partial charge on any atom is -0.496 e. The highest BCUT2D eigenvalue weighted by Crippen LogP contribution is 2.26. The third-order valence-corrected chi connectivity index (χ3v) is 6.43. The zero-order chi connectivity index (χ0) is 17.7. The van der Waals surface area contributed by atoms with Crippen LogP contribution in [-0.4, -0.2) is 44.6 Å². The van der Waals surface area contributed by atoms with E-state index in [2.05, 4.69) is 5.32 Å². The first-order valence-corrected chi connectivity index (χ1v) is 9.91. The molecule has 1 fully saturated rings. The van der Waals surface area contributed by atoms with E-state index in [0.717, 1.165) is 11.3 Å². The summed E-state index contributed by atoms with van der Waals surface area (Å²) in [6.45, 7) is 4.39. The van der Waals surface area contributed by atoms with E-state index in [1.165, 1.54) is 4.31 Å². The predicted octanol–water partition coefficient (Wildman–Crippen LogP) is 1.93. The number of nitrogens with zero attached hydrogens (tertiary/aromatic N) is 1. The Morgan fingerprint density at radius 3 is 2.54 bits per heavy atom. The van der Waals surface area contributed by atoms with Crippen molar-refractivity contribution >= 4 is 15.9 Å². The van der Waals surface area contributed by atoms with Crippen LogP contribution in [0.3, 0.4) is 0 Å². The minimum atomic E-state index is -3.16. The lowest BCUT2D eigenvalue weighted by molar-refractivity contribution is -0.126. The Morgan fingerprint density at radius 1 is 1.33 bits per heavy atom. The molecule has 7 heteroatoms.